The average Bonchev–Trinajstić information content (AvgIpc) is 2.80. The molecule has 18 heavy (non-hydrogen) atoms. The highest BCUT2D eigenvalue weighted by atomic mass is 32.2. The normalized spacial score (nSPS) is 23.8. The Bertz CT molecular complexity index is 320. The maximum Gasteiger partial charge on any atom is 0.329 e. The fourth-order valence-corrected chi connectivity index (χ4v) is 4.11. The largest absolute Gasteiger partial charge is 0.480 e. The lowest BCUT2D eigenvalue weighted by molar-refractivity contribution is -0.147. The van der Waals surface area contributed by atoms with Gasteiger partial charge in [-0.3, -0.25) is 4.79 Å². The molecule has 0 atom stereocenters. The van der Waals surface area contributed by atoms with E-state index < -0.39 is 11.5 Å². The van der Waals surface area contributed by atoms with Crippen molar-refractivity contribution in [2.24, 2.45) is 5.92 Å². The number of amides is 1. The molecule has 4 nitrogen and oxygen atoms in total. The van der Waals surface area contributed by atoms with Crippen LogP contribution < -0.4 is 5.32 Å². The first kappa shape index (κ1) is 13.7. The zero-order chi connectivity index (χ0) is 13.0. The van der Waals surface area contributed by atoms with E-state index in [1.165, 1.54) is 0 Å². The van der Waals surface area contributed by atoms with Crippen molar-refractivity contribution >= 4 is 23.6 Å². The van der Waals surface area contributed by atoms with Crippen LogP contribution in [-0.2, 0) is 9.59 Å². The quantitative estimate of drug-likeness (QED) is 0.821. The summed E-state index contributed by atoms with van der Waals surface area (Å²) in [5.41, 5.74) is -0.972. The van der Waals surface area contributed by atoms with Crippen LogP contribution in [0, 0.1) is 5.92 Å². The second-order valence-electron chi connectivity index (χ2n) is 5.40. The molecule has 0 bridgehead atoms. The van der Waals surface area contributed by atoms with Crippen LogP contribution in [0.5, 0.6) is 0 Å². The smallest absolute Gasteiger partial charge is 0.329 e. The molecule has 0 spiro atoms. The lowest BCUT2D eigenvalue weighted by Gasteiger charge is -2.27. The van der Waals surface area contributed by atoms with Gasteiger partial charge in [-0.15, -0.1) is 0 Å². The van der Waals surface area contributed by atoms with Crippen molar-refractivity contribution in [3.63, 3.8) is 0 Å². The van der Waals surface area contributed by atoms with E-state index in [1.807, 2.05) is 11.8 Å². The van der Waals surface area contributed by atoms with Crippen LogP contribution >= 0.6 is 11.8 Å². The summed E-state index contributed by atoms with van der Waals surface area (Å²) in [5, 5.41) is 12.1. The van der Waals surface area contributed by atoms with Crippen LogP contribution in [0.3, 0.4) is 0 Å². The number of carboxylic acid groups (broad SMARTS) is 1. The first-order valence-corrected chi connectivity index (χ1v) is 7.90. The van der Waals surface area contributed by atoms with Crippen molar-refractivity contribution in [1.29, 1.82) is 0 Å². The lowest BCUT2D eigenvalue weighted by atomic mass is 9.94. The van der Waals surface area contributed by atoms with E-state index in [0.717, 1.165) is 37.2 Å². The number of aliphatic carboxylic acids is 1. The number of nitrogens with one attached hydrogen (secondary N) is 1. The van der Waals surface area contributed by atoms with Gasteiger partial charge in [0.1, 0.15) is 5.54 Å². The molecule has 0 radical (unpaired) electrons. The zero-order valence-corrected chi connectivity index (χ0v) is 11.4. The molecule has 2 N–H and O–H groups in total. The highest BCUT2D eigenvalue weighted by Crippen LogP contribution is 2.31. The third kappa shape index (κ3) is 3.19. The molecule has 1 heterocycles. The standard InChI is InChI=1S/C13H21NO3S/c15-11(9-10-3-7-18-8-4-10)14-13(12(16)17)5-1-2-6-13/h10H,1-9H2,(H,14,15)(H,16,17). The van der Waals surface area contributed by atoms with Gasteiger partial charge >= 0.3 is 5.97 Å². The van der Waals surface area contributed by atoms with Crippen molar-refractivity contribution in [3.05, 3.63) is 0 Å². The summed E-state index contributed by atoms with van der Waals surface area (Å²) in [6, 6.07) is 0. The second-order valence-corrected chi connectivity index (χ2v) is 6.63. The van der Waals surface area contributed by atoms with E-state index in [-0.39, 0.29) is 5.91 Å². The minimum atomic E-state index is -0.972. The molecule has 5 heteroatoms. The molecule has 0 aromatic heterocycles. The van der Waals surface area contributed by atoms with Crippen molar-refractivity contribution < 1.29 is 14.7 Å². The van der Waals surface area contributed by atoms with Gasteiger partial charge in [0.25, 0.3) is 0 Å². The first-order valence-electron chi connectivity index (χ1n) is 6.74. The molecule has 102 valence electrons. The average molecular weight is 271 g/mol. The molecule has 2 fully saturated rings. The summed E-state index contributed by atoms with van der Waals surface area (Å²) in [5.74, 6) is 1.76. The Morgan fingerprint density at radius 3 is 2.39 bits per heavy atom. The van der Waals surface area contributed by atoms with E-state index in [0.29, 0.717) is 25.2 Å². The molecular formula is C13H21NO3S. The molecule has 1 amide bonds. The van der Waals surface area contributed by atoms with Crippen LogP contribution in [0.15, 0.2) is 0 Å². The first-order chi connectivity index (χ1) is 8.62. The van der Waals surface area contributed by atoms with Crippen molar-refractivity contribution in [3.8, 4) is 0 Å². The predicted octanol–water partition coefficient (Wildman–Crippen LogP) is 2.03. The zero-order valence-electron chi connectivity index (χ0n) is 10.6. The Morgan fingerprint density at radius 2 is 1.83 bits per heavy atom. The Hall–Kier alpha value is -0.710. The van der Waals surface area contributed by atoms with Crippen LogP contribution in [0.2, 0.25) is 0 Å². The summed E-state index contributed by atoms with van der Waals surface area (Å²) < 4.78 is 0. The maximum absolute atomic E-state index is 12.0. The predicted molar refractivity (Wildman–Crippen MR) is 71.6 cm³/mol. The molecule has 1 saturated heterocycles. The third-order valence-electron chi connectivity index (χ3n) is 4.06. The summed E-state index contributed by atoms with van der Waals surface area (Å²) >= 11 is 1.94. The summed E-state index contributed by atoms with van der Waals surface area (Å²) in [7, 11) is 0. The molecule has 1 aliphatic carbocycles. The van der Waals surface area contributed by atoms with Gasteiger partial charge in [-0.2, -0.15) is 11.8 Å². The van der Waals surface area contributed by atoms with E-state index in [1.54, 1.807) is 0 Å². The molecule has 0 unspecified atom stereocenters. The number of carbonyl (C=O) groups excluding carboxylic acids is 1. The van der Waals surface area contributed by atoms with Gasteiger partial charge in [0.15, 0.2) is 0 Å². The molecule has 0 aromatic carbocycles. The Balaban J connectivity index is 1.87. The maximum atomic E-state index is 12.0. The molecule has 1 aliphatic heterocycles. The molecular weight excluding hydrogens is 250 g/mol. The van der Waals surface area contributed by atoms with Crippen molar-refractivity contribution in [2.75, 3.05) is 11.5 Å². The molecule has 2 aliphatic rings. The van der Waals surface area contributed by atoms with E-state index in [9.17, 15) is 14.7 Å². The summed E-state index contributed by atoms with van der Waals surface area (Å²) in [6.07, 6.45) is 5.61. The molecule has 1 saturated carbocycles. The van der Waals surface area contributed by atoms with Crippen LogP contribution in [0.1, 0.15) is 44.9 Å². The van der Waals surface area contributed by atoms with E-state index in [2.05, 4.69) is 5.32 Å². The van der Waals surface area contributed by atoms with E-state index >= 15 is 0 Å². The summed E-state index contributed by atoms with van der Waals surface area (Å²) in [4.78, 5) is 23.3. The molecule has 0 aromatic rings. The molecule has 2 rings (SSSR count). The Labute approximate surface area is 112 Å². The minimum Gasteiger partial charge on any atom is -0.480 e. The van der Waals surface area contributed by atoms with Crippen LogP contribution in [0.25, 0.3) is 0 Å². The topological polar surface area (TPSA) is 66.4 Å². The SMILES string of the molecule is O=C(CC1CCSCC1)NC1(C(=O)O)CCCC1. The number of rotatable bonds is 4. The fraction of sp³-hybridized carbons (Fsp3) is 0.846. The van der Waals surface area contributed by atoms with Gasteiger partial charge in [0, 0.05) is 6.42 Å². The van der Waals surface area contributed by atoms with Crippen LogP contribution in [0.4, 0.5) is 0 Å². The fourth-order valence-electron chi connectivity index (χ4n) is 2.90. The van der Waals surface area contributed by atoms with E-state index in [4.69, 9.17) is 0 Å². The second kappa shape index (κ2) is 5.95. The lowest BCUT2D eigenvalue weighted by Crippen LogP contribution is -2.52. The van der Waals surface area contributed by atoms with Gasteiger partial charge in [0.2, 0.25) is 5.91 Å². The van der Waals surface area contributed by atoms with Crippen LogP contribution in [-0.4, -0.2) is 34.0 Å². The van der Waals surface area contributed by atoms with Gasteiger partial charge in [-0.1, -0.05) is 12.8 Å². The number of carbonyl (C=O) groups is 2. The van der Waals surface area contributed by atoms with Crippen molar-refractivity contribution in [1.82, 2.24) is 5.32 Å². The number of thioether (sulfide) groups is 1. The Kier molecular flexibility index (Phi) is 4.54. The Morgan fingerprint density at radius 1 is 1.22 bits per heavy atom. The monoisotopic (exact) mass is 271 g/mol. The number of carboxylic acids is 1. The highest BCUT2D eigenvalue weighted by Gasteiger charge is 2.42. The summed E-state index contributed by atoms with van der Waals surface area (Å²) in [6.45, 7) is 0. The third-order valence-corrected chi connectivity index (χ3v) is 5.11. The van der Waals surface area contributed by atoms with Crippen molar-refractivity contribution in [2.45, 2.75) is 50.5 Å². The minimum absolute atomic E-state index is 0.0730. The van der Waals surface area contributed by atoms with Gasteiger partial charge in [-0.25, -0.2) is 4.79 Å². The van der Waals surface area contributed by atoms with Gasteiger partial charge in [-0.05, 0) is 43.1 Å². The number of hydrogen-bond acceptors (Lipinski definition) is 3. The number of hydrogen-bond donors (Lipinski definition) is 2. The highest BCUT2D eigenvalue weighted by molar-refractivity contribution is 7.99. The van der Waals surface area contributed by atoms with Gasteiger partial charge in [0.05, 0.1) is 0 Å². The van der Waals surface area contributed by atoms with Gasteiger partial charge < -0.3 is 10.4 Å².